The molecule has 3 aromatic heterocycles. The van der Waals surface area contributed by atoms with E-state index in [1.54, 1.807) is 27.9 Å². The first kappa shape index (κ1) is 26.7. The van der Waals surface area contributed by atoms with E-state index >= 15 is 0 Å². The van der Waals surface area contributed by atoms with E-state index in [2.05, 4.69) is 39.4 Å². The predicted molar refractivity (Wildman–Crippen MR) is 152 cm³/mol. The Morgan fingerprint density at radius 1 is 1.12 bits per heavy atom. The summed E-state index contributed by atoms with van der Waals surface area (Å²) in [5.41, 5.74) is 2.66. The van der Waals surface area contributed by atoms with E-state index in [0.717, 1.165) is 17.0 Å². The summed E-state index contributed by atoms with van der Waals surface area (Å²) in [7, 11) is 0. The molecular formula is C30H34N8O3. The number of likely N-dealkylation sites (tertiary alicyclic amines) is 1. The second-order valence-electron chi connectivity index (χ2n) is 11.0. The van der Waals surface area contributed by atoms with Gasteiger partial charge in [0.1, 0.15) is 5.75 Å². The summed E-state index contributed by atoms with van der Waals surface area (Å²) in [4.78, 5) is 42.0. The Kier molecular flexibility index (Phi) is 7.25. The van der Waals surface area contributed by atoms with Gasteiger partial charge in [-0.05, 0) is 43.0 Å². The molecule has 1 aromatic carbocycles. The molecule has 5 heterocycles. The number of piperidine rings is 1. The van der Waals surface area contributed by atoms with Crippen LogP contribution < -0.4 is 10.1 Å². The van der Waals surface area contributed by atoms with Gasteiger partial charge in [-0.3, -0.25) is 4.79 Å². The normalized spacial score (nSPS) is 17.2. The molecule has 2 aliphatic heterocycles. The van der Waals surface area contributed by atoms with Crippen LogP contribution in [0.25, 0.3) is 5.65 Å². The Labute approximate surface area is 238 Å². The third-order valence-corrected chi connectivity index (χ3v) is 8.03. The molecule has 0 bridgehead atoms. The number of hydrogen-bond donors (Lipinski definition) is 1. The molecule has 4 aromatic rings. The van der Waals surface area contributed by atoms with Crippen LogP contribution >= 0.6 is 0 Å². The summed E-state index contributed by atoms with van der Waals surface area (Å²) in [5, 5.41) is 7.87. The van der Waals surface area contributed by atoms with Crippen LogP contribution in [0.1, 0.15) is 53.3 Å². The van der Waals surface area contributed by atoms with Crippen LogP contribution in [0.3, 0.4) is 0 Å². The maximum absolute atomic E-state index is 12.9. The highest BCUT2D eigenvalue weighted by atomic mass is 16.5. The second-order valence-corrected chi connectivity index (χ2v) is 11.0. The quantitative estimate of drug-likeness (QED) is 0.355. The van der Waals surface area contributed by atoms with Crippen molar-refractivity contribution in [1.29, 1.82) is 0 Å². The van der Waals surface area contributed by atoms with Gasteiger partial charge in [0.2, 0.25) is 5.82 Å². The molecule has 41 heavy (non-hydrogen) atoms. The Hall–Kier alpha value is -4.54. The van der Waals surface area contributed by atoms with Gasteiger partial charge < -0.3 is 19.9 Å². The van der Waals surface area contributed by atoms with E-state index < -0.39 is 0 Å². The first-order valence-electron chi connectivity index (χ1n) is 14.1. The first-order chi connectivity index (χ1) is 19.9. The van der Waals surface area contributed by atoms with Crippen molar-refractivity contribution in [3.05, 3.63) is 83.8 Å². The van der Waals surface area contributed by atoms with E-state index in [1.165, 1.54) is 5.56 Å². The summed E-state index contributed by atoms with van der Waals surface area (Å²) in [6, 6.07) is 13.9. The lowest BCUT2D eigenvalue weighted by atomic mass is 9.88. The molecule has 0 unspecified atom stereocenters. The van der Waals surface area contributed by atoms with Crippen molar-refractivity contribution in [3.63, 3.8) is 0 Å². The van der Waals surface area contributed by atoms with E-state index in [4.69, 9.17) is 9.72 Å². The molecular weight excluding hydrogens is 520 g/mol. The summed E-state index contributed by atoms with van der Waals surface area (Å²) in [6.07, 6.45) is 6.92. The molecule has 212 valence electrons. The molecule has 1 spiro atoms. The minimum absolute atomic E-state index is 0.0839. The number of pyridine rings is 1. The number of hydrogen-bond acceptors (Lipinski definition) is 7. The Balaban J connectivity index is 1.04. The number of nitrogens with one attached hydrogen (secondary N) is 1. The molecule has 11 nitrogen and oxygen atoms in total. The van der Waals surface area contributed by atoms with Crippen LogP contribution in [0.5, 0.6) is 5.75 Å². The average Bonchev–Trinajstić information content (AvgIpc) is 3.56. The first-order valence-corrected chi connectivity index (χ1v) is 14.1. The number of aromatic nitrogens is 5. The van der Waals surface area contributed by atoms with Gasteiger partial charge in [0.25, 0.3) is 5.91 Å². The Bertz CT molecular complexity index is 1530. The molecule has 2 fully saturated rings. The van der Waals surface area contributed by atoms with E-state index in [1.807, 2.05) is 42.3 Å². The number of carbonyl (C=O) groups is 2. The fourth-order valence-corrected chi connectivity index (χ4v) is 5.62. The van der Waals surface area contributed by atoms with Gasteiger partial charge in [0.05, 0.1) is 18.3 Å². The largest absolute Gasteiger partial charge is 0.491 e. The molecule has 1 N–H and O–H groups in total. The van der Waals surface area contributed by atoms with Crippen molar-refractivity contribution >= 4 is 17.6 Å². The topological polar surface area (TPSA) is 118 Å². The lowest BCUT2D eigenvalue weighted by Gasteiger charge is -2.38. The SMILES string of the molecule is Cc1cc(OC[C@H](C)c2ccccc2)cn2nc(CCN3CC4(CCN(C(=O)c5ncccn5)CC4)NC3=O)nc12. The molecule has 6 rings (SSSR count). The van der Waals surface area contributed by atoms with Crippen molar-refractivity contribution < 1.29 is 14.3 Å². The van der Waals surface area contributed by atoms with Gasteiger partial charge in [-0.1, -0.05) is 37.3 Å². The van der Waals surface area contributed by atoms with E-state index in [9.17, 15) is 9.59 Å². The van der Waals surface area contributed by atoms with E-state index in [0.29, 0.717) is 57.9 Å². The van der Waals surface area contributed by atoms with Crippen molar-refractivity contribution in [3.8, 4) is 5.75 Å². The molecule has 0 radical (unpaired) electrons. The molecule has 2 aliphatic rings. The fourth-order valence-electron chi connectivity index (χ4n) is 5.62. The summed E-state index contributed by atoms with van der Waals surface area (Å²) < 4.78 is 7.87. The fraction of sp³-hybridized carbons (Fsp3) is 0.400. The van der Waals surface area contributed by atoms with Gasteiger partial charge in [-0.15, -0.1) is 0 Å². The highest BCUT2D eigenvalue weighted by molar-refractivity contribution is 5.90. The van der Waals surface area contributed by atoms with Gasteiger partial charge in [-0.2, -0.15) is 5.10 Å². The number of ether oxygens (including phenoxy) is 1. The predicted octanol–water partition coefficient (Wildman–Crippen LogP) is 3.25. The minimum atomic E-state index is -0.336. The number of carbonyl (C=O) groups excluding carboxylic acids is 2. The second kappa shape index (κ2) is 11.1. The van der Waals surface area contributed by atoms with Crippen LogP contribution in [0, 0.1) is 6.92 Å². The highest BCUT2D eigenvalue weighted by Gasteiger charge is 2.45. The summed E-state index contributed by atoms with van der Waals surface area (Å²) in [5.74, 6) is 1.72. The smallest absolute Gasteiger partial charge is 0.317 e. The average molecular weight is 555 g/mol. The zero-order valence-corrected chi connectivity index (χ0v) is 23.4. The molecule has 11 heteroatoms. The molecule has 0 aliphatic carbocycles. The molecule has 0 saturated carbocycles. The van der Waals surface area contributed by atoms with E-state index in [-0.39, 0.29) is 29.2 Å². The Morgan fingerprint density at radius 3 is 2.63 bits per heavy atom. The van der Waals surface area contributed by atoms with Crippen molar-refractivity contribution in [1.82, 2.24) is 39.7 Å². The summed E-state index contributed by atoms with van der Waals surface area (Å²) >= 11 is 0. The number of rotatable bonds is 8. The third kappa shape index (κ3) is 5.70. The van der Waals surface area contributed by atoms with Gasteiger partial charge in [-0.25, -0.2) is 24.3 Å². The minimum Gasteiger partial charge on any atom is -0.491 e. The summed E-state index contributed by atoms with van der Waals surface area (Å²) in [6.45, 7) is 6.92. The molecule has 3 amide bonds. The lowest BCUT2D eigenvalue weighted by Crippen LogP contribution is -2.53. The van der Waals surface area contributed by atoms with Crippen LogP contribution in [0.4, 0.5) is 4.79 Å². The zero-order valence-electron chi connectivity index (χ0n) is 23.4. The number of urea groups is 1. The number of fused-ring (bicyclic) bond motifs is 1. The van der Waals surface area contributed by atoms with Gasteiger partial charge in [0.15, 0.2) is 11.5 Å². The molecule has 1 atom stereocenters. The van der Waals surface area contributed by atoms with Crippen molar-refractivity contribution in [2.75, 3.05) is 32.8 Å². The molecule has 2 saturated heterocycles. The van der Waals surface area contributed by atoms with Crippen LogP contribution in [0.2, 0.25) is 0 Å². The highest BCUT2D eigenvalue weighted by Crippen LogP contribution is 2.29. The van der Waals surface area contributed by atoms with Crippen LogP contribution in [-0.4, -0.2) is 84.6 Å². The third-order valence-electron chi connectivity index (χ3n) is 8.03. The standard InChI is InChI=1S/C30H34N8O3/c1-21-17-24(41-19-22(2)23-7-4-3-5-8-23)18-38-27(21)33-25(35-38)9-14-37-20-30(34-29(37)40)10-15-36(16-11-30)28(39)26-31-12-6-13-32-26/h3-8,12-13,17-18,22H,9-11,14-16,19-20H2,1-2H3,(H,34,40)/t22-/m0/s1. The monoisotopic (exact) mass is 554 g/mol. The zero-order chi connectivity index (χ0) is 28.4. The number of nitrogens with zero attached hydrogens (tertiary/aromatic N) is 7. The lowest BCUT2D eigenvalue weighted by molar-refractivity contribution is 0.0647. The number of aryl methyl sites for hydroxylation is 1. The van der Waals surface area contributed by atoms with Gasteiger partial charge >= 0.3 is 6.03 Å². The maximum Gasteiger partial charge on any atom is 0.317 e. The van der Waals surface area contributed by atoms with Gasteiger partial charge in [0, 0.05) is 50.9 Å². The van der Waals surface area contributed by atoms with Crippen molar-refractivity contribution in [2.24, 2.45) is 0 Å². The van der Waals surface area contributed by atoms with Crippen LogP contribution in [0.15, 0.2) is 61.1 Å². The van der Waals surface area contributed by atoms with Crippen LogP contribution in [-0.2, 0) is 6.42 Å². The number of benzene rings is 1. The Morgan fingerprint density at radius 2 is 1.88 bits per heavy atom. The maximum atomic E-state index is 12.9. The number of amides is 3. The van der Waals surface area contributed by atoms with Crippen molar-refractivity contribution in [2.45, 2.75) is 44.6 Å².